The van der Waals surface area contributed by atoms with E-state index in [-0.39, 0.29) is 12.3 Å². The number of fused-ring (bicyclic) bond motifs is 1. The maximum atomic E-state index is 12.1. The van der Waals surface area contributed by atoms with E-state index < -0.39 is 0 Å². The van der Waals surface area contributed by atoms with E-state index in [4.69, 9.17) is 4.74 Å². The summed E-state index contributed by atoms with van der Waals surface area (Å²) in [5.74, 6) is 0. The Morgan fingerprint density at radius 1 is 1.44 bits per heavy atom. The lowest BCUT2D eigenvalue weighted by atomic mass is 9.89. The Morgan fingerprint density at radius 3 is 3.00 bits per heavy atom. The molecule has 2 rings (SSSR count). The largest absolute Gasteiger partial charge is 0.366 e. The van der Waals surface area contributed by atoms with Crippen molar-refractivity contribution in [1.82, 2.24) is 0 Å². The van der Waals surface area contributed by atoms with E-state index in [0.717, 1.165) is 17.3 Å². The zero-order valence-corrected chi connectivity index (χ0v) is 11.0. The van der Waals surface area contributed by atoms with Crippen LogP contribution in [-0.4, -0.2) is 6.67 Å². The number of hydrogen-bond acceptors (Lipinski definition) is 1. The van der Waals surface area contributed by atoms with Crippen molar-refractivity contribution in [2.45, 2.75) is 38.4 Å². The van der Waals surface area contributed by atoms with Crippen LogP contribution in [0.3, 0.4) is 0 Å². The third-order valence-corrected chi connectivity index (χ3v) is 3.71. The van der Waals surface area contributed by atoms with Crippen molar-refractivity contribution in [2.24, 2.45) is 0 Å². The van der Waals surface area contributed by atoms with Gasteiger partial charge in [-0.05, 0) is 49.4 Å². The van der Waals surface area contributed by atoms with Crippen LogP contribution in [-0.2, 0) is 16.9 Å². The highest BCUT2D eigenvalue weighted by Crippen LogP contribution is 2.40. The normalized spacial score (nSPS) is 23.4. The molecule has 16 heavy (non-hydrogen) atoms. The summed E-state index contributed by atoms with van der Waals surface area (Å²) in [6.07, 6.45) is 2.40. The average Bonchev–Trinajstić information content (AvgIpc) is 2.57. The van der Waals surface area contributed by atoms with E-state index in [0.29, 0.717) is 13.0 Å². The number of alkyl halides is 1. The fraction of sp³-hybridized carbons (Fsp3) is 0.538. The molecular weight excluding hydrogens is 271 g/mol. The summed E-state index contributed by atoms with van der Waals surface area (Å²) in [6, 6.07) is 6.26. The molecule has 1 unspecified atom stereocenters. The number of hydrogen-bond donors (Lipinski definition) is 0. The fourth-order valence-corrected chi connectivity index (χ4v) is 2.68. The van der Waals surface area contributed by atoms with Crippen molar-refractivity contribution in [3.05, 3.63) is 33.8 Å². The molecule has 1 nitrogen and oxygen atoms in total. The van der Waals surface area contributed by atoms with Gasteiger partial charge < -0.3 is 4.74 Å². The lowest BCUT2D eigenvalue weighted by Gasteiger charge is -2.24. The molecule has 0 amide bonds. The summed E-state index contributed by atoms with van der Waals surface area (Å²) in [6.45, 7) is 2.54. The minimum atomic E-state index is -0.233. The molecule has 0 saturated heterocycles. The topological polar surface area (TPSA) is 9.23 Å². The van der Waals surface area contributed by atoms with Crippen molar-refractivity contribution in [1.29, 1.82) is 0 Å². The maximum Gasteiger partial charge on any atom is 0.0911 e. The summed E-state index contributed by atoms with van der Waals surface area (Å²) in [5, 5.41) is 0. The summed E-state index contributed by atoms with van der Waals surface area (Å²) in [7, 11) is 0. The van der Waals surface area contributed by atoms with Gasteiger partial charge in [-0.25, -0.2) is 0 Å². The van der Waals surface area contributed by atoms with Gasteiger partial charge in [0.15, 0.2) is 0 Å². The molecule has 1 aliphatic heterocycles. The quantitative estimate of drug-likeness (QED) is 0.749. The van der Waals surface area contributed by atoms with Gasteiger partial charge in [-0.15, -0.1) is 0 Å². The van der Waals surface area contributed by atoms with Gasteiger partial charge in [-0.3, -0.25) is 4.39 Å². The van der Waals surface area contributed by atoms with Crippen LogP contribution in [0.5, 0.6) is 0 Å². The van der Waals surface area contributed by atoms with Crippen LogP contribution in [0.2, 0.25) is 0 Å². The first-order chi connectivity index (χ1) is 7.65. The molecule has 1 aromatic carbocycles. The van der Waals surface area contributed by atoms with Crippen LogP contribution in [0.25, 0.3) is 0 Å². The van der Waals surface area contributed by atoms with Crippen LogP contribution in [0, 0.1) is 0 Å². The van der Waals surface area contributed by atoms with Gasteiger partial charge in [0, 0.05) is 4.47 Å². The fourth-order valence-electron chi connectivity index (χ4n) is 2.28. The molecule has 0 fully saturated rings. The third kappa shape index (κ3) is 2.30. The molecule has 0 aromatic heterocycles. The monoisotopic (exact) mass is 286 g/mol. The number of halogens is 2. The first-order valence-electron chi connectivity index (χ1n) is 5.64. The van der Waals surface area contributed by atoms with Crippen molar-refractivity contribution in [3.63, 3.8) is 0 Å². The van der Waals surface area contributed by atoms with Gasteiger partial charge in [0.2, 0.25) is 0 Å². The lowest BCUT2D eigenvalue weighted by Crippen LogP contribution is -2.20. The molecule has 1 atom stereocenters. The number of benzene rings is 1. The Morgan fingerprint density at radius 2 is 2.25 bits per heavy atom. The van der Waals surface area contributed by atoms with Gasteiger partial charge in [0.05, 0.1) is 18.9 Å². The molecule has 1 aromatic rings. The highest BCUT2D eigenvalue weighted by Gasteiger charge is 2.34. The lowest BCUT2D eigenvalue weighted by molar-refractivity contribution is -0.0313. The smallest absolute Gasteiger partial charge is 0.0911 e. The minimum Gasteiger partial charge on any atom is -0.366 e. The highest BCUT2D eigenvalue weighted by atomic mass is 79.9. The van der Waals surface area contributed by atoms with Crippen LogP contribution in [0.15, 0.2) is 22.7 Å². The van der Waals surface area contributed by atoms with Gasteiger partial charge >= 0.3 is 0 Å². The second kappa shape index (κ2) is 4.84. The zero-order valence-electron chi connectivity index (χ0n) is 9.43. The summed E-state index contributed by atoms with van der Waals surface area (Å²) in [4.78, 5) is 0. The molecular formula is C13H16BrFO. The van der Waals surface area contributed by atoms with Gasteiger partial charge in [-0.2, -0.15) is 0 Å². The summed E-state index contributed by atoms with van der Waals surface area (Å²) >= 11 is 3.46. The molecule has 3 heteroatoms. The number of unbranched alkanes of at least 4 members (excludes halogenated alkanes) is 1. The van der Waals surface area contributed by atoms with Crippen LogP contribution >= 0.6 is 15.9 Å². The van der Waals surface area contributed by atoms with E-state index in [1.165, 1.54) is 11.1 Å². The van der Waals surface area contributed by atoms with E-state index >= 15 is 0 Å². The summed E-state index contributed by atoms with van der Waals surface area (Å²) in [5.41, 5.74) is 2.29. The van der Waals surface area contributed by atoms with Gasteiger partial charge in [0.1, 0.15) is 0 Å². The first-order valence-corrected chi connectivity index (χ1v) is 6.44. The molecule has 0 saturated carbocycles. The van der Waals surface area contributed by atoms with E-state index in [2.05, 4.69) is 35.0 Å². The van der Waals surface area contributed by atoms with E-state index in [1.54, 1.807) is 0 Å². The third-order valence-electron chi connectivity index (χ3n) is 3.22. The molecule has 1 heterocycles. The van der Waals surface area contributed by atoms with Gasteiger partial charge in [-0.1, -0.05) is 22.0 Å². The minimum absolute atomic E-state index is 0.217. The standard InChI is InChI=1S/C13H16BrFO/c1-13(6-2-3-7-15)12-5-4-11(14)8-10(12)9-16-13/h4-5,8H,2-3,6-7,9H2,1H3. The maximum absolute atomic E-state index is 12.1. The number of ether oxygens (including phenoxy) is 1. The van der Waals surface area contributed by atoms with Crippen molar-refractivity contribution in [2.75, 3.05) is 6.67 Å². The zero-order chi connectivity index (χ0) is 11.6. The summed E-state index contributed by atoms with van der Waals surface area (Å²) < 4.78 is 19.0. The van der Waals surface area contributed by atoms with Crippen molar-refractivity contribution in [3.8, 4) is 0 Å². The van der Waals surface area contributed by atoms with E-state index in [9.17, 15) is 4.39 Å². The average molecular weight is 287 g/mol. The number of rotatable bonds is 4. The van der Waals surface area contributed by atoms with Crippen molar-refractivity contribution < 1.29 is 9.13 Å². The molecule has 88 valence electrons. The van der Waals surface area contributed by atoms with Crippen LogP contribution in [0.4, 0.5) is 4.39 Å². The van der Waals surface area contributed by atoms with Crippen molar-refractivity contribution >= 4 is 15.9 Å². The Kier molecular flexibility index (Phi) is 3.65. The van der Waals surface area contributed by atoms with Crippen LogP contribution < -0.4 is 0 Å². The second-order valence-electron chi connectivity index (χ2n) is 4.47. The Hall–Kier alpha value is -0.410. The molecule has 1 aliphatic rings. The molecule has 0 N–H and O–H groups in total. The predicted molar refractivity (Wildman–Crippen MR) is 66.1 cm³/mol. The second-order valence-corrected chi connectivity index (χ2v) is 5.38. The first kappa shape index (κ1) is 12.1. The molecule has 0 radical (unpaired) electrons. The highest BCUT2D eigenvalue weighted by molar-refractivity contribution is 9.10. The Balaban J connectivity index is 2.15. The molecule has 0 aliphatic carbocycles. The molecule has 0 bridgehead atoms. The molecule has 0 spiro atoms. The van der Waals surface area contributed by atoms with E-state index in [1.807, 2.05) is 6.07 Å². The Labute approximate surface area is 104 Å². The predicted octanol–water partition coefficient (Wildman–Crippen LogP) is 4.33. The van der Waals surface area contributed by atoms with Crippen LogP contribution in [0.1, 0.15) is 37.3 Å². The van der Waals surface area contributed by atoms with Gasteiger partial charge in [0.25, 0.3) is 0 Å². The Bertz CT molecular complexity index is 380. The SMILES string of the molecule is CC1(CCCCF)OCc2cc(Br)ccc21.